The first-order chi connectivity index (χ1) is 7.41. The molecule has 0 amide bonds. The molecule has 0 aliphatic carbocycles. The Kier molecular flexibility index (Phi) is 4.59. The first-order valence-electron chi connectivity index (χ1n) is 5.31. The van der Waals surface area contributed by atoms with Crippen LogP contribution in [-0.4, -0.2) is 17.3 Å². The van der Waals surface area contributed by atoms with E-state index in [-0.39, 0.29) is 12.1 Å². The summed E-state index contributed by atoms with van der Waals surface area (Å²) in [7, 11) is 0. The maximum Gasteiger partial charge on any atom is 0.138 e. The predicted octanol–water partition coefficient (Wildman–Crippen LogP) is 2.51. The van der Waals surface area contributed by atoms with Crippen molar-refractivity contribution >= 4 is 11.6 Å². The molecule has 0 saturated heterocycles. The maximum atomic E-state index is 9.33. The van der Waals surface area contributed by atoms with E-state index in [0.29, 0.717) is 10.8 Å². The summed E-state index contributed by atoms with van der Waals surface area (Å²) in [4.78, 5) is 0. The molecule has 2 unspecified atom stereocenters. The summed E-state index contributed by atoms with van der Waals surface area (Å²) in [5.74, 6) is 0.569. The van der Waals surface area contributed by atoms with Gasteiger partial charge in [0.05, 0.1) is 11.1 Å². The molecule has 1 aromatic carbocycles. The van der Waals surface area contributed by atoms with Crippen LogP contribution in [0.25, 0.3) is 0 Å². The van der Waals surface area contributed by atoms with Crippen molar-refractivity contribution in [1.82, 2.24) is 0 Å². The monoisotopic (exact) mass is 243 g/mol. The van der Waals surface area contributed by atoms with E-state index < -0.39 is 6.10 Å². The fourth-order valence-electron chi connectivity index (χ4n) is 1.19. The van der Waals surface area contributed by atoms with Gasteiger partial charge in [-0.15, -0.1) is 0 Å². The van der Waals surface area contributed by atoms with E-state index in [1.165, 1.54) is 0 Å². The summed E-state index contributed by atoms with van der Waals surface area (Å²) in [6.45, 7) is 5.36. The maximum absolute atomic E-state index is 9.33. The second kappa shape index (κ2) is 5.53. The van der Waals surface area contributed by atoms with E-state index in [4.69, 9.17) is 22.1 Å². The van der Waals surface area contributed by atoms with E-state index in [0.717, 1.165) is 5.56 Å². The van der Waals surface area contributed by atoms with Crippen molar-refractivity contribution in [1.29, 1.82) is 0 Å². The molecule has 4 heteroatoms. The number of hydrogen-bond donors (Lipinski definition) is 2. The highest BCUT2D eigenvalue weighted by molar-refractivity contribution is 6.32. The minimum absolute atomic E-state index is 0.0549. The fraction of sp³-hybridized carbons (Fsp3) is 0.500. The molecular weight excluding hydrogens is 226 g/mol. The van der Waals surface area contributed by atoms with Crippen molar-refractivity contribution in [2.75, 3.05) is 0 Å². The molecule has 0 aliphatic rings. The molecule has 0 radical (unpaired) electrons. The van der Waals surface area contributed by atoms with Crippen LogP contribution in [0.1, 0.15) is 32.4 Å². The van der Waals surface area contributed by atoms with E-state index in [2.05, 4.69) is 0 Å². The molecule has 3 atom stereocenters. The lowest BCUT2D eigenvalue weighted by Crippen LogP contribution is -2.25. The SMILES string of the molecule is CC(O)C(C)Oc1ccc([C@H](C)N)cc1Cl. The smallest absolute Gasteiger partial charge is 0.138 e. The molecule has 1 rings (SSSR count). The Morgan fingerprint density at radius 3 is 2.38 bits per heavy atom. The van der Waals surface area contributed by atoms with Crippen LogP contribution in [0.4, 0.5) is 0 Å². The van der Waals surface area contributed by atoms with Crippen molar-refractivity contribution in [2.24, 2.45) is 5.73 Å². The van der Waals surface area contributed by atoms with Crippen molar-refractivity contribution in [3.8, 4) is 5.75 Å². The molecule has 0 bridgehead atoms. The molecular formula is C12H18ClNO2. The van der Waals surface area contributed by atoms with E-state index in [9.17, 15) is 5.11 Å². The molecule has 0 fully saturated rings. The molecule has 1 aromatic rings. The minimum atomic E-state index is -0.538. The predicted molar refractivity (Wildman–Crippen MR) is 65.8 cm³/mol. The average molecular weight is 244 g/mol. The Hall–Kier alpha value is -0.770. The van der Waals surface area contributed by atoms with Gasteiger partial charge in [0.25, 0.3) is 0 Å². The normalized spacial score (nSPS) is 16.6. The van der Waals surface area contributed by atoms with E-state index >= 15 is 0 Å². The van der Waals surface area contributed by atoms with E-state index in [1.54, 1.807) is 26.0 Å². The average Bonchev–Trinajstić information content (AvgIpc) is 2.20. The third-order valence-corrected chi connectivity index (χ3v) is 2.77. The van der Waals surface area contributed by atoms with Crippen LogP contribution in [-0.2, 0) is 0 Å². The van der Waals surface area contributed by atoms with Gasteiger partial charge >= 0.3 is 0 Å². The molecule has 0 saturated carbocycles. The van der Waals surface area contributed by atoms with Crippen molar-refractivity contribution in [3.05, 3.63) is 28.8 Å². The Balaban J connectivity index is 2.83. The first-order valence-corrected chi connectivity index (χ1v) is 5.69. The van der Waals surface area contributed by atoms with Crippen LogP contribution in [0.3, 0.4) is 0 Å². The van der Waals surface area contributed by atoms with Crippen LogP contribution in [0.15, 0.2) is 18.2 Å². The lowest BCUT2D eigenvalue weighted by Gasteiger charge is -2.18. The summed E-state index contributed by atoms with van der Waals surface area (Å²) >= 11 is 6.06. The van der Waals surface area contributed by atoms with Crippen LogP contribution in [0.2, 0.25) is 5.02 Å². The largest absolute Gasteiger partial charge is 0.486 e. The number of halogens is 1. The van der Waals surface area contributed by atoms with Crippen LogP contribution >= 0.6 is 11.6 Å². The van der Waals surface area contributed by atoms with Gasteiger partial charge in [-0.05, 0) is 38.5 Å². The number of hydrogen-bond acceptors (Lipinski definition) is 3. The zero-order valence-electron chi connectivity index (χ0n) is 9.77. The van der Waals surface area contributed by atoms with Gasteiger partial charge in [-0.1, -0.05) is 17.7 Å². The summed E-state index contributed by atoms with van der Waals surface area (Å²) in [5, 5.41) is 9.84. The van der Waals surface area contributed by atoms with Gasteiger partial charge in [0.2, 0.25) is 0 Å². The molecule has 0 aliphatic heterocycles. The lowest BCUT2D eigenvalue weighted by molar-refractivity contribution is 0.0605. The number of rotatable bonds is 4. The highest BCUT2D eigenvalue weighted by atomic mass is 35.5. The van der Waals surface area contributed by atoms with Gasteiger partial charge in [-0.2, -0.15) is 0 Å². The summed E-state index contributed by atoms with van der Waals surface area (Å²) in [5.41, 5.74) is 6.70. The zero-order chi connectivity index (χ0) is 12.3. The van der Waals surface area contributed by atoms with Crippen molar-refractivity contribution < 1.29 is 9.84 Å². The van der Waals surface area contributed by atoms with Crippen LogP contribution in [0, 0.1) is 0 Å². The summed E-state index contributed by atoms with van der Waals surface area (Å²) in [6, 6.07) is 5.39. The summed E-state index contributed by atoms with van der Waals surface area (Å²) in [6.07, 6.45) is -0.831. The number of nitrogens with two attached hydrogens (primary N) is 1. The number of ether oxygens (including phenoxy) is 1. The molecule has 16 heavy (non-hydrogen) atoms. The molecule has 0 heterocycles. The number of benzene rings is 1. The molecule has 90 valence electrons. The quantitative estimate of drug-likeness (QED) is 0.854. The second-order valence-electron chi connectivity index (χ2n) is 4.04. The lowest BCUT2D eigenvalue weighted by atomic mass is 10.1. The third-order valence-electron chi connectivity index (χ3n) is 2.47. The van der Waals surface area contributed by atoms with Gasteiger partial charge in [0.1, 0.15) is 11.9 Å². The van der Waals surface area contributed by atoms with Gasteiger partial charge < -0.3 is 15.6 Å². The third kappa shape index (κ3) is 3.37. The zero-order valence-corrected chi connectivity index (χ0v) is 10.5. The Labute approximate surface area is 101 Å². The number of aliphatic hydroxyl groups is 1. The van der Waals surface area contributed by atoms with Crippen LogP contribution < -0.4 is 10.5 Å². The highest BCUT2D eigenvalue weighted by Gasteiger charge is 2.13. The molecule has 0 spiro atoms. The number of aliphatic hydroxyl groups excluding tert-OH is 1. The summed E-state index contributed by atoms with van der Waals surface area (Å²) < 4.78 is 5.52. The first kappa shape index (κ1) is 13.3. The van der Waals surface area contributed by atoms with Crippen LogP contribution in [0.5, 0.6) is 5.75 Å². The topological polar surface area (TPSA) is 55.5 Å². The Morgan fingerprint density at radius 2 is 1.94 bits per heavy atom. The van der Waals surface area contributed by atoms with Crippen molar-refractivity contribution in [2.45, 2.75) is 39.0 Å². The van der Waals surface area contributed by atoms with Gasteiger partial charge in [-0.3, -0.25) is 0 Å². The van der Waals surface area contributed by atoms with E-state index in [1.807, 2.05) is 13.0 Å². The molecule has 3 N–H and O–H groups in total. The van der Waals surface area contributed by atoms with Gasteiger partial charge in [0.15, 0.2) is 0 Å². The second-order valence-corrected chi connectivity index (χ2v) is 4.45. The molecule has 0 aromatic heterocycles. The fourth-order valence-corrected chi connectivity index (χ4v) is 1.43. The minimum Gasteiger partial charge on any atom is -0.486 e. The van der Waals surface area contributed by atoms with Gasteiger partial charge in [-0.25, -0.2) is 0 Å². The Bertz CT molecular complexity index is 353. The van der Waals surface area contributed by atoms with Gasteiger partial charge in [0, 0.05) is 6.04 Å². The standard InChI is InChI=1S/C12H18ClNO2/c1-7(14)10-4-5-12(11(13)6-10)16-9(3)8(2)15/h4-9,15H,14H2,1-3H3/t7-,8?,9?/m0/s1. The Morgan fingerprint density at radius 1 is 1.31 bits per heavy atom. The van der Waals surface area contributed by atoms with Crippen molar-refractivity contribution in [3.63, 3.8) is 0 Å². The highest BCUT2D eigenvalue weighted by Crippen LogP contribution is 2.28. The molecule has 3 nitrogen and oxygen atoms in total.